The molecule has 4 aliphatic carbocycles. The summed E-state index contributed by atoms with van der Waals surface area (Å²) >= 11 is 0. The standard InChI is InChI=1S/C44H72O18/c1-18-7-10-44(56-16-18)19(2)30-27(62-44)12-23-21-6-5-20-11-26(24(47)13-43(20,4)22(21)8-9-42(23,30)3)57-41-38(61-40-36(54)34(52)32(50)28(14-45)58-40)37(33(51)29(15-46)59-41)60-39-35(53)31(49)25(48)17-55-39/h18-41,45-54H,5-17H2,1-4H3/t18?,19-,20+,21+,22-,23-,24-,25+,26+,27-,28+,29+,30-,31-,32+,33-,34-,35+,36+,37-,38+,39-,40-,41+,42-,43-,44+/m0/s1. The van der Waals surface area contributed by atoms with Crippen LogP contribution in [0.2, 0.25) is 0 Å². The molecule has 0 aromatic carbocycles. The molecule has 18 nitrogen and oxygen atoms in total. The Hall–Kier alpha value is -0.720. The van der Waals surface area contributed by atoms with Crippen molar-refractivity contribution in [1.82, 2.24) is 0 Å². The Morgan fingerprint density at radius 3 is 2.02 bits per heavy atom. The molecule has 5 heterocycles. The van der Waals surface area contributed by atoms with Gasteiger partial charge in [-0.05, 0) is 97.7 Å². The maximum atomic E-state index is 12.1. The van der Waals surface area contributed by atoms with Crippen molar-refractivity contribution >= 4 is 0 Å². The maximum Gasteiger partial charge on any atom is 0.187 e. The second-order valence-corrected chi connectivity index (χ2v) is 21.2. The first-order valence-electron chi connectivity index (χ1n) is 23.3. The van der Waals surface area contributed by atoms with E-state index < -0.39 is 124 Å². The quantitative estimate of drug-likeness (QED) is 0.129. The molecular formula is C44H72O18. The summed E-state index contributed by atoms with van der Waals surface area (Å²) in [6, 6.07) is 0. The van der Waals surface area contributed by atoms with Crippen molar-refractivity contribution in [1.29, 1.82) is 0 Å². The van der Waals surface area contributed by atoms with Crippen molar-refractivity contribution < 1.29 is 89.0 Å². The van der Waals surface area contributed by atoms with Crippen LogP contribution in [0.3, 0.4) is 0 Å². The van der Waals surface area contributed by atoms with Gasteiger partial charge in [0.15, 0.2) is 24.7 Å². The van der Waals surface area contributed by atoms with Gasteiger partial charge in [0, 0.05) is 12.3 Å². The fourth-order valence-electron chi connectivity index (χ4n) is 14.4. The number of hydrogen-bond acceptors (Lipinski definition) is 18. The van der Waals surface area contributed by atoms with Gasteiger partial charge in [0.25, 0.3) is 0 Å². The number of aliphatic hydroxyl groups is 10. The minimum atomic E-state index is -1.87. The van der Waals surface area contributed by atoms with E-state index in [9.17, 15) is 51.1 Å². The lowest BCUT2D eigenvalue weighted by atomic mass is 9.44. The van der Waals surface area contributed by atoms with Gasteiger partial charge in [-0.25, -0.2) is 0 Å². The molecule has 0 bridgehead atoms. The molecule has 4 saturated carbocycles. The van der Waals surface area contributed by atoms with Crippen LogP contribution in [0.4, 0.5) is 0 Å². The van der Waals surface area contributed by atoms with E-state index >= 15 is 0 Å². The van der Waals surface area contributed by atoms with Crippen molar-refractivity contribution in [3.63, 3.8) is 0 Å². The Bertz CT molecular complexity index is 1550. The number of hydrogen-bond donors (Lipinski definition) is 10. The summed E-state index contributed by atoms with van der Waals surface area (Å²) in [5.74, 6) is 2.39. The molecule has 18 heteroatoms. The fourth-order valence-corrected chi connectivity index (χ4v) is 14.4. The number of fused-ring (bicyclic) bond motifs is 7. The molecule has 0 amide bonds. The predicted molar refractivity (Wildman–Crippen MR) is 211 cm³/mol. The van der Waals surface area contributed by atoms with Crippen LogP contribution < -0.4 is 0 Å². The molecule has 1 spiro atoms. The normalized spacial score (nSPS) is 58.9. The highest BCUT2D eigenvalue weighted by molar-refractivity contribution is 5.16. The van der Waals surface area contributed by atoms with Gasteiger partial charge < -0.3 is 89.0 Å². The Morgan fingerprint density at radius 1 is 0.613 bits per heavy atom. The molecule has 0 aromatic rings. The molecule has 5 saturated heterocycles. The van der Waals surface area contributed by atoms with Gasteiger partial charge >= 0.3 is 0 Å². The van der Waals surface area contributed by atoms with Crippen molar-refractivity contribution in [2.75, 3.05) is 26.4 Å². The molecule has 9 rings (SSSR count). The van der Waals surface area contributed by atoms with Gasteiger partial charge in [-0.3, -0.25) is 0 Å². The van der Waals surface area contributed by atoms with Gasteiger partial charge in [0.05, 0.1) is 44.7 Å². The first kappa shape index (κ1) is 46.4. The van der Waals surface area contributed by atoms with E-state index in [2.05, 4.69) is 27.7 Å². The van der Waals surface area contributed by atoms with Gasteiger partial charge in [0.1, 0.15) is 67.1 Å². The summed E-state index contributed by atoms with van der Waals surface area (Å²) < 4.78 is 49.6. The van der Waals surface area contributed by atoms with Gasteiger partial charge in [0.2, 0.25) is 0 Å². The Labute approximate surface area is 362 Å². The Kier molecular flexibility index (Phi) is 13.0. The number of aliphatic hydroxyl groups excluding tert-OH is 10. The molecule has 0 aromatic heterocycles. The molecule has 10 N–H and O–H groups in total. The third-order valence-corrected chi connectivity index (χ3v) is 17.9. The van der Waals surface area contributed by atoms with E-state index in [0.717, 1.165) is 51.6 Å². The fraction of sp³-hybridized carbons (Fsp3) is 1.00. The van der Waals surface area contributed by atoms with Crippen LogP contribution >= 0.6 is 0 Å². The Balaban J connectivity index is 0.934. The highest BCUT2D eigenvalue weighted by atomic mass is 16.8. The summed E-state index contributed by atoms with van der Waals surface area (Å²) in [5.41, 5.74) is -0.0485. The molecule has 9 fully saturated rings. The molecule has 9 aliphatic rings. The monoisotopic (exact) mass is 888 g/mol. The minimum absolute atomic E-state index is 0.139. The third-order valence-electron chi connectivity index (χ3n) is 17.9. The summed E-state index contributed by atoms with van der Waals surface area (Å²) in [5, 5.41) is 107. The third kappa shape index (κ3) is 7.55. The van der Waals surface area contributed by atoms with Crippen LogP contribution in [-0.4, -0.2) is 188 Å². The van der Waals surface area contributed by atoms with Gasteiger partial charge in [-0.1, -0.05) is 27.7 Å². The second-order valence-electron chi connectivity index (χ2n) is 21.2. The van der Waals surface area contributed by atoms with Crippen molar-refractivity contribution in [3.8, 4) is 0 Å². The Morgan fingerprint density at radius 2 is 1.31 bits per heavy atom. The molecule has 356 valence electrons. The first-order valence-corrected chi connectivity index (χ1v) is 23.3. The van der Waals surface area contributed by atoms with E-state index in [-0.39, 0.29) is 22.9 Å². The molecule has 1 unspecified atom stereocenters. The lowest BCUT2D eigenvalue weighted by Gasteiger charge is -2.62. The topological polar surface area (TPSA) is 276 Å². The van der Waals surface area contributed by atoms with Gasteiger partial charge in [-0.2, -0.15) is 0 Å². The SMILES string of the molecule is CC1CC[C@@]2(OC1)O[C@H]1C[C@H]3[C@@H]4CC[C@@H]5C[C@@H](O[C@@H]6O[C@H](CO)[C@H](O)[C@H](O[C@@H]7OC[C@@H](O)[C@H](O)[C@H]7O)[C@H]6O[C@@H]6O[C@H](CO)[C@@H](O)[C@H](O)[C@H]6O)[C@@H](O)C[C@]5(C)[C@H]4CC[C@]3(C)[C@H]1[C@@H]2C. The van der Waals surface area contributed by atoms with E-state index in [1.54, 1.807) is 0 Å². The maximum absolute atomic E-state index is 12.1. The lowest BCUT2D eigenvalue weighted by molar-refractivity contribution is -0.394. The number of rotatable bonds is 8. The first-order chi connectivity index (χ1) is 29.4. The predicted octanol–water partition coefficient (Wildman–Crippen LogP) is -1.12. The average Bonchev–Trinajstić information content (AvgIpc) is 3.69. The molecular weight excluding hydrogens is 816 g/mol. The highest BCUT2D eigenvalue weighted by Gasteiger charge is 2.69. The minimum Gasteiger partial charge on any atom is -0.394 e. The summed E-state index contributed by atoms with van der Waals surface area (Å²) in [7, 11) is 0. The van der Waals surface area contributed by atoms with Crippen molar-refractivity contribution in [3.05, 3.63) is 0 Å². The van der Waals surface area contributed by atoms with Gasteiger partial charge in [-0.15, -0.1) is 0 Å². The largest absolute Gasteiger partial charge is 0.394 e. The zero-order valence-electron chi connectivity index (χ0n) is 36.3. The summed E-state index contributed by atoms with van der Waals surface area (Å²) in [6.07, 6.45) is -16.2. The molecule has 62 heavy (non-hydrogen) atoms. The van der Waals surface area contributed by atoms with Crippen molar-refractivity contribution in [2.24, 2.45) is 52.3 Å². The molecule has 0 radical (unpaired) electrons. The summed E-state index contributed by atoms with van der Waals surface area (Å²) in [6.45, 7) is 8.27. The lowest BCUT2D eigenvalue weighted by Crippen LogP contribution is -2.67. The number of ether oxygens (including phenoxy) is 8. The van der Waals surface area contributed by atoms with E-state index in [1.807, 2.05) is 0 Å². The highest BCUT2D eigenvalue weighted by Crippen LogP contribution is 2.71. The average molecular weight is 889 g/mol. The smallest absolute Gasteiger partial charge is 0.187 e. The second kappa shape index (κ2) is 17.4. The van der Waals surface area contributed by atoms with Crippen LogP contribution in [0.25, 0.3) is 0 Å². The van der Waals surface area contributed by atoms with E-state index in [0.29, 0.717) is 48.3 Å². The van der Waals surface area contributed by atoms with Crippen LogP contribution in [0.15, 0.2) is 0 Å². The van der Waals surface area contributed by atoms with Crippen LogP contribution in [0.1, 0.15) is 85.5 Å². The van der Waals surface area contributed by atoms with Crippen LogP contribution in [0, 0.1) is 52.3 Å². The summed E-state index contributed by atoms with van der Waals surface area (Å²) in [4.78, 5) is 0. The zero-order valence-corrected chi connectivity index (χ0v) is 36.3. The van der Waals surface area contributed by atoms with E-state index in [4.69, 9.17) is 37.9 Å². The van der Waals surface area contributed by atoms with E-state index in [1.165, 1.54) is 0 Å². The van der Waals surface area contributed by atoms with Crippen LogP contribution in [0.5, 0.6) is 0 Å². The van der Waals surface area contributed by atoms with Crippen LogP contribution in [-0.2, 0) is 37.9 Å². The zero-order chi connectivity index (χ0) is 44.2. The molecule has 27 atom stereocenters. The van der Waals surface area contributed by atoms with Crippen molar-refractivity contribution in [2.45, 2.75) is 196 Å². The molecule has 5 aliphatic heterocycles.